The summed E-state index contributed by atoms with van der Waals surface area (Å²) in [4.78, 5) is 15.1. The van der Waals surface area contributed by atoms with Crippen molar-refractivity contribution in [3.63, 3.8) is 0 Å². The highest BCUT2D eigenvalue weighted by Gasteiger charge is 2.35. The van der Waals surface area contributed by atoms with Crippen molar-refractivity contribution in [1.29, 1.82) is 0 Å². The third kappa shape index (κ3) is 3.08. The first-order valence-electron chi connectivity index (χ1n) is 8.12. The van der Waals surface area contributed by atoms with Gasteiger partial charge in [-0.1, -0.05) is 0 Å². The van der Waals surface area contributed by atoms with Gasteiger partial charge in [-0.15, -0.1) is 11.8 Å². The van der Waals surface area contributed by atoms with Crippen LogP contribution >= 0.6 is 11.8 Å². The van der Waals surface area contributed by atoms with Crippen LogP contribution in [0.2, 0.25) is 0 Å². The standard InChI is InChI=1S/C18H23N3O3S/c1-11-16(12(2)20(3)19-11)17(22)21-8-9-25-18(21)14-10-13(23-4)6-7-15(14)24-5/h6-7,10,18H,8-9H2,1-5H3. The Hall–Kier alpha value is -2.15. The van der Waals surface area contributed by atoms with Gasteiger partial charge in [0.15, 0.2) is 0 Å². The maximum atomic E-state index is 13.2. The molecular formula is C18H23N3O3S. The molecule has 1 aliphatic rings. The molecule has 0 N–H and O–H groups in total. The van der Waals surface area contributed by atoms with E-state index in [0.717, 1.165) is 34.2 Å². The van der Waals surface area contributed by atoms with Gasteiger partial charge in [0.1, 0.15) is 16.9 Å². The molecule has 1 atom stereocenters. The number of hydrogen-bond acceptors (Lipinski definition) is 5. The van der Waals surface area contributed by atoms with Crippen LogP contribution in [0.1, 0.15) is 32.7 Å². The van der Waals surface area contributed by atoms with Gasteiger partial charge in [-0.05, 0) is 32.0 Å². The van der Waals surface area contributed by atoms with Crippen LogP contribution in [-0.2, 0) is 7.05 Å². The van der Waals surface area contributed by atoms with Gasteiger partial charge in [0, 0.05) is 30.6 Å². The fraction of sp³-hybridized carbons (Fsp3) is 0.444. The predicted octanol–water partition coefficient (Wildman–Crippen LogP) is 2.94. The quantitative estimate of drug-likeness (QED) is 0.838. The van der Waals surface area contributed by atoms with Crippen molar-refractivity contribution in [2.75, 3.05) is 26.5 Å². The van der Waals surface area contributed by atoms with Crippen LogP contribution in [-0.4, -0.2) is 47.1 Å². The molecule has 2 heterocycles. The van der Waals surface area contributed by atoms with Crippen molar-refractivity contribution in [1.82, 2.24) is 14.7 Å². The van der Waals surface area contributed by atoms with Crippen LogP contribution in [0.3, 0.4) is 0 Å². The number of methoxy groups -OCH3 is 2. The zero-order chi connectivity index (χ0) is 18.1. The van der Waals surface area contributed by atoms with Gasteiger partial charge in [-0.25, -0.2) is 0 Å². The van der Waals surface area contributed by atoms with E-state index in [9.17, 15) is 4.79 Å². The maximum absolute atomic E-state index is 13.2. The maximum Gasteiger partial charge on any atom is 0.258 e. The Morgan fingerprint density at radius 1 is 1.28 bits per heavy atom. The number of carbonyl (C=O) groups excluding carboxylic acids is 1. The number of amides is 1. The number of thioether (sulfide) groups is 1. The van der Waals surface area contributed by atoms with Gasteiger partial charge >= 0.3 is 0 Å². The second-order valence-corrected chi connectivity index (χ2v) is 7.19. The molecule has 6 nitrogen and oxygen atoms in total. The topological polar surface area (TPSA) is 56.6 Å². The first-order valence-corrected chi connectivity index (χ1v) is 9.17. The molecule has 0 radical (unpaired) electrons. The largest absolute Gasteiger partial charge is 0.497 e. The van der Waals surface area contributed by atoms with E-state index >= 15 is 0 Å². The molecular weight excluding hydrogens is 338 g/mol. The number of hydrogen-bond donors (Lipinski definition) is 0. The Bertz CT molecular complexity index is 803. The van der Waals surface area contributed by atoms with E-state index in [1.165, 1.54) is 0 Å². The summed E-state index contributed by atoms with van der Waals surface area (Å²) in [5, 5.41) is 4.28. The van der Waals surface area contributed by atoms with Crippen LogP contribution < -0.4 is 9.47 Å². The minimum Gasteiger partial charge on any atom is -0.497 e. The zero-order valence-electron chi connectivity index (χ0n) is 15.2. The van der Waals surface area contributed by atoms with E-state index in [2.05, 4.69) is 5.10 Å². The highest BCUT2D eigenvalue weighted by Crippen LogP contribution is 2.44. The van der Waals surface area contributed by atoms with Gasteiger partial charge in [0.05, 0.1) is 25.5 Å². The SMILES string of the molecule is COc1ccc(OC)c(C2SCCN2C(=O)c2c(C)nn(C)c2C)c1. The molecule has 1 unspecified atom stereocenters. The van der Waals surface area contributed by atoms with Gasteiger partial charge in [0.25, 0.3) is 5.91 Å². The van der Waals surface area contributed by atoms with Crippen LogP contribution in [0.5, 0.6) is 11.5 Å². The van der Waals surface area contributed by atoms with E-state index in [4.69, 9.17) is 9.47 Å². The van der Waals surface area contributed by atoms with E-state index in [1.54, 1.807) is 30.7 Å². The van der Waals surface area contributed by atoms with E-state index in [-0.39, 0.29) is 11.3 Å². The number of rotatable bonds is 4. The van der Waals surface area contributed by atoms with Gasteiger partial charge < -0.3 is 14.4 Å². The molecule has 1 saturated heterocycles. The van der Waals surface area contributed by atoms with Crippen molar-refractivity contribution in [2.45, 2.75) is 19.2 Å². The molecule has 2 aromatic rings. The third-order valence-corrected chi connectivity index (χ3v) is 5.82. The van der Waals surface area contributed by atoms with Gasteiger partial charge in [-0.3, -0.25) is 9.48 Å². The van der Waals surface area contributed by atoms with Crippen LogP contribution in [0, 0.1) is 13.8 Å². The summed E-state index contributed by atoms with van der Waals surface area (Å²) in [6.07, 6.45) is 0. The summed E-state index contributed by atoms with van der Waals surface area (Å²) in [6, 6.07) is 5.70. The Labute approximate surface area is 152 Å². The molecule has 0 saturated carbocycles. The molecule has 0 bridgehead atoms. The number of carbonyl (C=O) groups is 1. The smallest absolute Gasteiger partial charge is 0.258 e. The molecule has 1 fully saturated rings. The summed E-state index contributed by atoms with van der Waals surface area (Å²) >= 11 is 1.74. The molecule has 7 heteroatoms. The first kappa shape index (κ1) is 17.7. The summed E-state index contributed by atoms with van der Waals surface area (Å²) in [7, 11) is 5.14. The normalized spacial score (nSPS) is 17.0. The lowest BCUT2D eigenvalue weighted by molar-refractivity contribution is 0.0757. The number of aryl methyl sites for hydroxylation is 2. The van der Waals surface area contributed by atoms with Gasteiger partial charge in [0.2, 0.25) is 0 Å². The number of benzene rings is 1. The zero-order valence-corrected chi connectivity index (χ0v) is 16.0. The van der Waals surface area contributed by atoms with Crippen LogP contribution in [0.4, 0.5) is 0 Å². The van der Waals surface area contributed by atoms with Crippen LogP contribution in [0.15, 0.2) is 18.2 Å². The lowest BCUT2D eigenvalue weighted by Gasteiger charge is -2.26. The summed E-state index contributed by atoms with van der Waals surface area (Å²) < 4.78 is 12.6. The Morgan fingerprint density at radius 2 is 2.04 bits per heavy atom. The van der Waals surface area contributed by atoms with Crippen molar-refractivity contribution in [3.8, 4) is 11.5 Å². The highest BCUT2D eigenvalue weighted by molar-refractivity contribution is 7.99. The predicted molar refractivity (Wildman–Crippen MR) is 98.5 cm³/mol. The average Bonchev–Trinajstić information content (AvgIpc) is 3.19. The average molecular weight is 361 g/mol. The number of ether oxygens (including phenoxy) is 2. The second kappa shape index (κ2) is 7.00. The van der Waals surface area contributed by atoms with Crippen molar-refractivity contribution in [3.05, 3.63) is 40.7 Å². The first-order chi connectivity index (χ1) is 12.0. The summed E-state index contributed by atoms with van der Waals surface area (Å²) in [6.45, 7) is 4.50. The van der Waals surface area contributed by atoms with E-state index < -0.39 is 0 Å². The number of nitrogens with zero attached hydrogens (tertiary/aromatic N) is 3. The van der Waals surface area contributed by atoms with Crippen molar-refractivity contribution in [2.24, 2.45) is 7.05 Å². The molecule has 1 aromatic carbocycles. The lowest BCUT2D eigenvalue weighted by atomic mass is 10.1. The second-order valence-electron chi connectivity index (χ2n) is 6.00. The molecule has 1 aliphatic heterocycles. The minimum atomic E-state index is -0.100. The van der Waals surface area contributed by atoms with Crippen LogP contribution in [0.25, 0.3) is 0 Å². The minimum absolute atomic E-state index is 0.0166. The van der Waals surface area contributed by atoms with Gasteiger partial charge in [-0.2, -0.15) is 5.10 Å². The molecule has 0 aliphatic carbocycles. The lowest BCUT2D eigenvalue weighted by Crippen LogP contribution is -2.31. The number of aromatic nitrogens is 2. The summed E-state index contributed by atoms with van der Waals surface area (Å²) in [5.74, 6) is 2.42. The van der Waals surface area contributed by atoms with E-state index in [1.807, 2.05) is 44.0 Å². The molecule has 134 valence electrons. The Kier molecular flexibility index (Phi) is 4.94. The fourth-order valence-corrected chi connectivity index (χ4v) is 4.46. The molecule has 1 aromatic heterocycles. The monoisotopic (exact) mass is 361 g/mol. The molecule has 3 rings (SSSR count). The summed E-state index contributed by atoms with van der Waals surface area (Å²) in [5.41, 5.74) is 3.29. The molecule has 0 spiro atoms. The van der Waals surface area contributed by atoms with Crippen molar-refractivity contribution >= 4 is 17.7 Å². The molecule has 25 heavy (non-hydrogen) atoms. The van der Waals surface area contributed by atoms with E-state index in [0.29, 0.717) is 12.1 Å². The fourth-order valence-electron chi connectivity index (χ4n) is 3.19. The highest BCUT2D eigenvalue weighted by atomic mass is 32.2. The Balaban J connectivity index is 2.00. The third-order valence-electron chi connectivity index (χ3n) is 4.58. The van der Waals surface area contributed by atoms with Crippen molar-refractivity contribution < 1.29 is 14.3 Å². The Morgan fingerprint density at radius 3 is 2.64 bits per heavy atom. The molecule has 1 amide bonds.